The van der Waals surface area contributed by atoms with Crippen LogP contribution in [0.15, 0.2) is 18.3 Å². The van der Waals surface area contributed by atoms with Gasteiger partial charge in [-0.1, -0.05) is 6.08 Å². The lowest BCUT2D eigenvalue weighted by atomic mass is 10.1. The van der Waals surface area contributed by atoms with Crippen LogP contribution >= 0.6 is 0 Å². The largest absolute Gasteiger partial charge is 0.397 e. The summed E-state index contributed by atoms with van der Waals surface area (Å²) in [5.74, 6) is 0. The zero-order valence-electron chi connectivity index (χ0n) is 8.96. The van der Waals surface area contributed by atoms with E-state index >= 15 is 0 Å². The first-order valence-electron chi connectivity index (χ1n) is 4.81. The smallest absolute Gasteiger partial charge is 0.0888 e. The van der Waals surface area contributed by atoms with Crippen molar-refractivity contribution in [2.24, 2.45) is 0 Å². The van der Waals surface area contributed by atoms with E-state index < -0.39 is 0 Å². The van der Waals surface area contributed by atoms with Gasteiger partial charge in [-0.3, -0.25) is 4.98 Å². The molecule has 0 radical (unpaired) electrons. The van der Waals surface area contributed by atoms with E-state index in [1.807, 2.05) is 26.0 Å². The molecule has 0 aliphatic rings. The molecule has 3 heteroatoms. The van der Waals surface area contributed by atoms with E-state index in [4.69, 9.17) is 5.73 Å². The molecule has 0 aliphatic carbocycles. The summed E-state index contributed by atoms with van der Waals surface area (Å²) in [7, 11) is 0. The van der Waals surface area contributed by atoms with E-state index in [1.54, 1.807) is 6.20 Å². The van der Waals surface area contributed by atoms with Gasteiger partial charge in [-0.2, -0.15) is 0 Å². The van der Waals surface area contributed by atoms with Gasteiger partial charge in [-0.25, -0.2) is 0 Å². The minimum absolute atomic E-state index is 0.707. The summed E-state index contributed by atoms with van der Waals surface area (Å²) in [5.41, 5.74) is 9.48. The van der Waals surface area contributed by atoms with E-state index in [-0.39, 0.29) is 0 Å². The summed E-state index contributed by atoms with van der Waals surface area (Å²) in [5, 5.41) is 3.27. The third-order valence-electron chi connectivity index (χ3n) is 2.01. The quantitative estimate of drug-likeness (QED) is 0.767. The van der Waals surface area contributed by atoms with Gasteiger partial charge in [0.1, 0.15) is 0 Å². The topological polar surface area (TPSA) is 50.9 Å². The average Bonchev–Trinajstić information content (AvgIpc) is 2.15. The molecular weight excluding hydrogens is 174 g/mol. The van der Waals surface area contributed by atoms with E-state index in [2.05, 4.69) is 17.2 Å². The first-order chi connectivity index (χ1) is 6.69. The normalized spacial score (nSPS) is 11.5. The number of hydrogen-bond acceptors (Lipinski definition) is 3. The molecule has 1 rings (SSSR count). The summed E-state index contributed by atoms with van der Waals surface area (Å²) < 4.78 is 0. The van der Waals surface area contributed by atoms with Crippen molar-refractivity contribution in [2.75, 3.05) is 12.3 Å². The lowest BCUT2D eigenvalue weighted by Crippen LogP contribution is -2.13. The van der Waals surface area contributed by atoms with Gasteiger partial charge in [0.2, 0.25) is 0 Å². The second kappa shape index (κ2) is 4.65. The van der Waals surface area contributed by atoms with Crippen molar-refractivity contribution in [1.29, 1.82) is 0 Å². The van der Waals surface area contributed by atoms with Crippen LogP contribution in [0.2, 0.25) is 0 Å². The maximum Gasteiger partial charge on any atom is 0.0888 e. The maximum absolute atomic E-state index is 5.64. The molecule has 0 fully saturated rings. The number of nitrogens with two attached hydrogens (primary N) is 1. The Bertz CT molecular complexity index is 342. The molecule has 0 aromatic carbocycles. The standard InChI is InChI=1S/C11H17N3/c1-4-10(13-5-2)11-8(3)6-9(12)7-14-11/h4,6-7,13H,5,12H2,1-3H3/b10-4-. The third kappa shape index (κ3) is 2.25. The van der Waals surface area contributed by atoms with Crippen molar-refractivity contribution in [3.63, 3.8) is 0 Å². The number of aromatic nitrogens is 1. The highest BCUT2D eigenvalue weighted by atomic mass is 14.9. The van der Waals surface area contributed by atoms with E-state index in [0.717, 1.165) is 23.5 Å². The molecule has 14 heavy (non-hydrogen) atoms. The minimum Gasteiger partial charge on any atom is -0.397 e. The Kier molecular flexibility index (Phi) is 3.51. The zero-order chi connectivity index (χ0) is 10.6. The Morgan fingerprint density at radius 2 is 2.36 bits per heavy atom. The molecule has 0 saturated heterocycles. The molecule has 0 spiro atoms. The van der Waals surface area contributed by atoms with Crippen LogP contribution in [0.1, 0.15) is 25.1 Å². The fraction of sp³-hybridized carbons (Fsp3) is 0.364. The van der Waals surface area contributed by atoms with Gasteiger partial charge in [0.05, 0.1) is 23.3 Å². The molecule has 0 atom stereocenters. The summed E-state index contributed by atoms with van der Waals surface area (Å²) in [6.45, 7) is 6.97. The number of hydrogen-bond donors (Lipinski definition) is 2. The van der Waals surface area contributed by atoms with Crippen molar-refractivity contribution in [2.45, 2.75) is 20.8 Å². The molecule has 1 heterocycles. The van der Waals surface area contributed by atoms with Gasteiger partial charge in [-0.15, -0.1) is 0 Å². The molecule has 0 bridgehead atoms. The van der Waals surface area contributed by atoms with Crippen molar-refractivity contribution in [3.05, 3.63) is 29.6 Å². The lowest BCUT2D eigenvalue weighted by Gasteiger charge is -2.10. The van der Waals surface area contributed by atoms with Crippen LogP contribution in [-0.2, 0) is 0 Å². The number of nitrogen functional groups attached to an aromatic ring is 1. The molecule has 0 aliphatic heterocycles. The van der Waals surface area contributed by atoms with Crippen LogP contribution in [0.5, 0.6) is 0 Å². The Morgan fingerprint density at radius 3 is 2.86 bits per heavy atom. The Morgan fingerprint density at radius 1 is 1.64 bits per heavy atom. The number of nitrogens with one attached hydrogen (secondary N) is 1. The second-order valence-electron chi connectivity index (χ2n) is 3.17. The van der Waals surface area contributed by atoms with Crippen LogP contribution in [0.4, 0.5) is 5.69 Å². The molecule has 1 aromatic rings. The highest BCUT2D eigenvalue weighted by Gasteiger charge is 2.04. The highest BCUT2D eigenvalue weighted by Crippen LogP contribution is 2.15. The molecule has 0 unspecified atom stereocenters. The van der Waals surface area contributed by atoms with Crippen LogP contribution in [0, 0.1) is 6.92 Å². The molecule has 3 nitrogen and oxygen atoms in total. The third-order valence-corrected chi connectivity index (χ3v) is 2.01. The summed E-state index contributed by atoms with van der Waals surface area (Å²) in [4.78, 5) is 4.31. The van der Waals surface area contributed by atoms with Crippen molar-refractivity contribution in [1.82, 2.24) is 10.3 Å². The first kappa shape index (κ1) is 10.6. The van der Waals surface area contributed by atoms with Crippen LogP contribution in [0.25, 0.3) is 5.70 Å². The van der Waals surface area contributed by atoms with E-state index in [1.165, 1.54) is 0 Å². The van der Waals surface area contributed by atoms with Gasteiger partial charge in [0, 0.05) is 6.54 Å². The minimum atomic E-state index is 0.707. The average molecular weight is 191 g/mol. The monoisotopic (exact) mass is 191 g/mol. The number of aryl methyl sites for hydroxylation is 1. The van der Waals surface area contributed by atoms with Gasteiger partial charge in [0.15, 0.2) is 0 Å². The fourth-order valence-corrected chi connectivity index (χ4v) is 1.39. The molecule has 1 aromatic heterocycles. The fourth-order valence-electron chi connectivity index (χ4n) is 1.39. The number of rotatable bonds is 3. The van der Waals surface area contributed by atoms with Gasteiger partial charge in [0.25, 0.3) is 0 Å². The Balaban J connectivity index is 3.05. The number of anilines is 1. The summed E-state index contributed by atoms with van der Waals surface area (Å²) in [6.07, 6.45) is 3.71. The molecule has 0 amide bonds. The maximum atomic E-state index is 5.64. The van der Waals surface area contributed by atoms with Crippen molar-refractivity contribution in [3.8, 4) is 0 Å². The highest BCUT2D eigenvalue weighted by molar-refractivity contribution is 5.64. The van der Waals surface area contributed by atoms with Gasteiger partial charge >= 0.3 is 0 Å². The van der Waals surface area contributed by atoms with E-state index in [9.17, 15) is 0 Å². The summed E-state index contributed by atoms with van der Waals surface area (Å²) >= 11 is 0. The number of allylic oxidation sites excluding steroid dienone is 1. The predicted octanol–water partition coefficient (Wildman–Crippen LogP) is 1.94. The number of pyridine rings is 1. The van der Waals surface area contributed by atoms with Crippen LogP contribution in [-0.4, -0.2) is 11.5 Å². The molecular formula is C11H17N3. The first-order valence-corrected chi connectivity index (χ1v) is 4.81. The van der Waals surface area contributed by atoms with Gasteiger partial charge in [-0.05, 0) is 32.4 Å². The van der Waals surface area contributed by atoms with Crippen molar-refractivity contribution < 1.29 is 0 Å². The Hall–Kier alpha value is -1.51. The van der Waals surface area contributed by atoms with Gasteiger partial charge < -0.3 is 11.1 Å². The molecule has 0 saturated carbocycles. The zero-order valence-corrected chi connectivity index (χ0v) is 8.96. The molecule has 3 N–H and O–H groups in total. The molecule has 76 valence electrons. The summed E-state index contributed by atoms with van der Waals surface area (Å²) in [6, 6.07) is 1.93. The van der Waals surface area contributed by atoms with E-state index in [0.29, 0.717) is 5.69 Å². The second-order valence-corrected chi connectivity index (χ2v) is 3.17. The number of nitrogens with zero attached hydrogens (tertiary/aromatic N) is 1. The SMILES string of the molecule is C/C=C(\NCC)c1ncc(N)cc1C. The Labute approximate surface area is 85.0 Å². The van der Waals surface area contributed by atoms with Crippen LogP contribution < -0.4 is 11.1 Å². The van der Waals surface area contributed by atoms with Crippen LogP contribution in [0.3, 0.4) is 0 Å². The predicted molar refractivity (Wildman–Crippen MR) is 60.7 cm³/mol. The lowest BCUT2D eigenvalue weighted by molar-refractivity contribution is 0.926. The van der Waals surface area contributed by atoms with Crippen molar-refractivity contribution >= 4 is 11.4 Å².